The van der Waals surface area contributed by atoms with Gasteiger partial charge in [0.05, 0.1) is 23.7 Å². The van der Waals surface area contributed by atoms with Crippen molar-refractivity contribution in [3.63, 3.8) is 0 Å². The maximum atomic E-state index is 13.3. The predicted octanol–water partition coefficient (Wildman–Crippen LogP) is 4.01. The van der Waals surface area contributed by atoms with Gasteiger partial charge in [-0.05, 0) is 42.0 Å². The summed E-state index contributed by atoms with van der Waals surface area (Å²) in [5, 5.41) is 4.51. The SMILES string of the molecule is O=C(CC1C(=O)N(Cc2ccccc2)C(=S)N1NC(=O)c1ccccc1)Nc1ccccc1Cl. The molecule has 1 unspecified atom stereocenters. The molecule has 1 fully saturated rings. The Balaban J connectivity index is 1.56. The molecule has 1 aliphatic rings. The van der Waals surface area contributed by atoms with Crippen molar-refractivity contribution >= 4 is 52.3 Å². The van der Waals surface area contributed by atoms with Crippen molar-refractivity contribution in [3.05, 3.63) is 101 Å². The first-order valence-electron chi connectivity index (χ1n) is 10.5. The summed E-state index contributed by atoms with van der Waals surface area (Å²) in [5.74, 6) is -1.25. The Morgan fingerprint density at radius 1 is 0.912 bits per heavy atom. The van der Waals surface area contributed by atoms with Crippen LogP contribution in [0.2, 0.25) is 5.02 Å². The lowest BCUT2D eigenvalue weighted by Gasteiger charge is -2.24. The minimum atomic E-state index is -1.01. The molecule has 0 radical (unpaired) electrons. The molecule has 1 heterocycles. The maximum Gasteiger partial charge on any atom is 0.269 e. The summed E-state index contributed by atoms with van der Waals surface area (Å²) < 4.78 is 0. The number of nitrogens with one attached hydrogen (secondary N) is 2. The van der Waals surface area contributed by atoms with Gasteiger partial charge >= 0.3 is 0 Å². The highest BCUT2D eigenvalue weighted by atomic mass is 35.5. The van der Waals surface area contributed by atoms with Gasteiger partial charge in [0.25, 0.3) is 11.8 Å². The molecule has 9 heteroatoms. The average Bonchev–Trinajstić information content (AvgIpc) is 3.06. The van der Waals surface area contributed by atoms with Crippen LogP contribution in [0.1, 0.15) is 22.3 Å². The van der Waals surface area contributed by atoms with Crippen LogP contribution in [0, 0.1) is 0 Å². The second-order valence-corrected chi connectivity index (χ2v) is 8.39. The van der Waals surface area contributed by atoms with E-state index in [-0.39, 0.29) is 24.0 Å². The Bertz CT molecular complexity index is 1220. The zero-order valence-corrected chi connectivity index (χ0v) is 19.6. The number of thiocarbonyl (C=S) groups is 1. The van der Waals surface area contributed by atoms with Gasteiger partial charge < -0.3 is 5.32 Å². The van der Waals surface area contributed by atoms with E-state index < -0.39 is 17.9 Å². The minimum absolute atomic E-state index is 0.119. The van der Waals surface area contributed by atoms with Crippen LogP contribution in [0.15, 0.2) is 84.9 Å². The fourth-order valence-electron chi connectivity index (χ4n) is 3.57. The first kappa shape index (κ1) is 23.4. The van der Waals surface area contributed by atoms with Gasteiger partial charge in [-0.25, -0.2) is 5.01 Å². The molecule has 1 atom stereocenters. The van der Waals surface area contributed by atoms with Crippen LogP contribution in [-0.4, -0.2) is 38.8 Å². The number of benzene rings is 3. The molecule has 3 aromatic rings. The zero-order chi connectivity index (χ0) is 24.1. The minimum Gasteiger partial charge on any atom is -0.325 e. The van der Waals surface area contributed by atoms with Gasteiger partial charge in [0.1, 0.15) is 6.04 Å². The fraction of sp³-hybridized carbons (Fsp3) is 0.120. The van der Waals surface area contributed by atoms with Crippen LogP contribution >= 0.6 is 23.8 Å². The number of rotatable bonds is 7. The van der Waals surface area contributed by atoms with Crippen molar-refractivity contribution in [2.75, 3.05) is 5.32 Å². The highest BCUT2D eigenvalue weighted by Crippen LogP contribution is 2.24. The molecule has 4 rings (SSSR count). The first-order chi connectivity index (χ1) is 16.4. The summed E-state index contributed by atoms with van der Waals surface area (Å²) in [6.07, 6.45) is -0.232. The Morgan fingerprint density at radius 3 is 2.21 bits per heavy atom. The van der Waals surface area contributed by atoms with E-state index in [1.165, 1.54) is 9.91 Å². The summed E-state index contributed by atoms with van der Waals surface area (Å²) in [6.45, 7) is 0.221. The lowest BCUT2D eigenvalue weighted by molar-refractivity contribution is -0.131. The second-order valence-electron chi connectivity index (χ2n) is 7.62. The molecule has 3 aromatic carbocycles. The Kier molecular flexibility index (Phi) is 7.20. The quantitative estimate of drug-likeness (QED) is 0.487. The lowest BCUT2D eigenvalue weighted by atomic mass is 10.1. The summed E-state index contributed by atoms with van der Waals surface area (Å²) in [6, 6.07) is 23.7. The van der Waals surface area contributed by atoms with E-state index in [1.807, 2.05) is 30.3 Å². The third kappa shape index (κ3) is 5.24. The zero-order valence-electron chi connectivity index (χ0n) is 18.0. The van der Waals surface area contributed by atoms with Gasteiger partial charge in [0, 0.05) is 5.56 Å². The number of hydrogen-bond donors (Lipinski definition) is 2. The molecule has 0 aromatic heterocycles. The van der Waals surface area contributed by atoms with Crippen molar-refractivity contribution < 1.29 is 14.4 Å². The molecule has 1 saturated heterocycles. The van der Waals surface area contributed by atoms with Crippen molar-refractivity contribution in [1.82, 2.24) is 15.3 Å². The number of amides is 3. The normalized spacial score (nSPS) is 15.4. The average molecular weight is 493 g/mol. The van der Waals surface area contributed by atoms with Gasteiger partial charge in [-0.2, -0.15) is 0 Å². The highest BCUT2D eigenvalue weighted by molar-refractivity contribution is 7.80. The van der Waals surface area contributed by atoms with Crippen LogP contribution in [0.25, 0.3) is 0 Å². The monoisotopic (exact) mass is 492 g/mol. The number of halogens is 1. The Morgan fingerprint density at radius 2 is 1.53 bits per heavy atom. The van der Waals surface area contributed by atoms with Crippen molar-refractivity contribution in [3.8, 4) is 0 Å². The van der Waals surface area contributed by atoms with Gasteiger partial charge in [0.15, 0.2) is 5.11 Å². The molecule has 172 valence electrons. The van der Waals surface area contributed by atoms with E-state index in [2.05, 4.69) is 10.7 Å². The number of carbonyl (C=O) groups is 3. The molecule has 0 saturated carbocycles. The van der Waals surface area contributed by atoms with Gasteiger partial charge in [0.2, 0.25) is 5.91 Å². The van der Waals surface area contributed by atoms with E-state index in [1.54, 1.807) is 54.6 Å². The van der Waals surface area contributed by atoms with Crippen molar-refractivity contribution in [2.24, 2.45) is 0 Å². The summed E-state index contributed by atoms with van der Waals surface area (Å²) in [7, 11) is 0. The van der Waals surface area contributed by atoms with E-state index >= 15 is 0 Å². The lowest BCUT2D eigenvalue weighted by Crippen LogP contribution is -2.49. The van der Waals surface area contributed by atoms with Crippen LogP contribution in [0.5, 0.6) is 0 Å². The number of hydrogen-bond acceptors (Lipinski definition) is 4. The molecular formula is C25H21ClN4O3S. The third-order valence-corrected chi connectivity index (χ3v) is 6.01. The molecule has 0 spiro atoms. The maximum absolute atomic E-state index is 13.3. The predicted molar refractivity (Wildman–Crippen MR) is 134 cm³/mol. The molecular weight excluding hydrogens is 472 g/mol. The largest absolute Gasteiger partial charge is 0.325 e. The molecule has 2 N–H and O–H groups in total. The van der Waals surface area contributed by atoms with E-state index in [4.69, 9.17) is 23.8 Å². The van der Waals surface area contributed by atoms with Crippen LogP contribution in [0.4, 0.5) is 5.69 Å². The Labute approximate surface area is 207 Å². The van der Waals surface area contributed by atoms with Crippen molar-refractivity contribution in [1.29, 1.82) is 0 Å². The summed E-state index contributed by atoms with van der Waals surface area (Å²) in [4.78, 5) is 40.4. The van der Waals surface area contributed by atoms with Crippen LogP contribution in [-0.2, 0) is 16.1 Å². The van der Waals surface area contributed by atoms with Gasteiger partial charge in [-0.1, -0.05) is 72.3 Å². The molecule has 34 heavy (non-hydrogen) atoms. The number of hydrazine groups is 1. The van der Waals surface area contributed by atoms with E-state index in [0.717, 1.165) is 5.56 Å². The number of carbonyl (C=O) groups excluding carboxylic acids is 3. The number of nitrogens with zero attached hydrogens (tertiary/aromatic N) is 2. The summed E-state index contributed by atoms with van der Waals surface area (Å²) >= 11 is 11.7. The topological polar surface area (TPSA) is 81.8 Å². The van der Waals surface area contributed by atoms with Crippen molar-refractivity contribution in [2.45, 2.75) is 19.0 Å². The van der Waals surface area contributed by atoms with Crippen LogP contribution < -0.4 is 10.7 Å². The summed E-state index contributed by atoms with van der Waals surface area (Å²) in [5.41, 5.74) is 4.41. The fourth-order valence-corrected chi connectivity index (χ4v) is 4.08. The van der Waals surface area contributed by atoms with E-state index in [0.29, 0.717) is 16.3 Å². The molecule has 7 nitrogen and oxygen atoms in total. The van der Waals surface area contributed by atoms with Gasteiger partial charge in [-0.15, -0.1) is 0 Å². The standard InChI is InChI=1S/C25H21ClN4O3S/c26-19-13-7-8-14-20(19)27-22(31)15-21-24(33)29(16-17-9-3-1-4-10-17)25(34)30(21)28-23(32)18-11-5-2-6-12-18/h1-14,21H,15-16H2,(H,27,31)(H,28,32). The smallest absolute Gasteiger partial charge is 0.269 e. The third-order valence-electron chi connectivity index (χ3n) is 5.27. The Hall–Kier alpha value is -3.75. The molecule has 3 amide bonds. The van der Waals surface area contributed by atoms with Gasteiger partial charge in [-0.3, -0.25) is 24.7 Å². The number of para-hydroxylation sites is 1. The van der Waals surface area contributed by atoms with Crippen LogP contribution in [0.3, 0.4) is 0 Å². The molecule has 1 aliphatic heterocycles. The first-order valence-corrected chi connectivity index (χ1v) is 11.3. The molecule has 0 aliphatic carbocycles. The molecule has 0 bridgehead atoms. The second kappa shape index (κ2) is 10.5. The van der Waals surface area contributed by atoms with E-state index in [9.17, 15) is 14.4 Å². The number of anilines is 1. The highest BCUT2D eigenvalue weighted by Gasteiger charge is 2.44.